The van der Waals surface area contributed by atoms with Crippen molar-refractivity contribution in [2.75, 3.05) is 46.0 Å². The van der Waals surface area contributed by atoms with E-state index < -0.39 is 11.9 Å². The molecule has 0 bridgehead atoms. The van der Waals surface area contributed by atoms with E-state index in [9.17, 15) is 14.4 Å². The quantitative estimate of drug-likeness (QED) is 0.365. The molecular formula is C28H35N5O5. The molecule has 0 aromatic heterocycles. The van der Waals surface area contributed by atoms with Crippen LogP contribution in [0.1, 0.15) is 54.1 Å². The Labute approximate surface area is 222 Å². The van der Waals surface area contributed by atoms with Gasteiger partial charge in [-0.1, -0.05) is 13.0 Å². The van der Waals surface area contributed by atoms with Gasteiger partial charge in [0, 0.05) is 59.4 Å². The number of carbonyl (C=O) groups is 3. The van der Waals surface area contributed by atoms with Gasteiger partial charge in [-0.15, -0.1) is 0 Å². The first kappa shape index (κ1) is 25.1. The lowest BCUT2D eigenvalue weighted by Gasteiger charge is -2.39. The third-order valence-corrected chi connectivity index (χ3v) is 8.85. The van der Waals surface area contributed by atoms with Gasteiger partial charge in [-0.25, -0.2) is 0 Å². The summed E-state index contributed by atoms with van der Waals surface area (Å²) in [6.45, 7) is 8.05. The SMILES string of the molecule is CC1(CN/C=C(\C=N)CN2CCC3(CC2)COc2c3ccc3c2CN(C2CCC(=O)NC2=O)C3=O)COC1. The van der Waals surface area contributed by atoms with Crippen LogP contribution in [-0.4, -0.2) is 85.8 Å². The van der Waals surface area contributed by atoms with Gasteiger partial charge < -0.3 is 25.1 Å². The molecule has 1 atom stereocenters. The average molecular weight is 522 g/mol. The van der Waals surface area contributed by atoms with Gasteiger partial charge in [0.05, 0.1) is 26.4 Å². The highest BCUT2D eigenvalue weighted by Crippen LogP contribution is 2.49. The lowest BCUT2D eigenvalue weighted by atomic mass is 9.74. The summed E-state index contributed by atoms with van der Waals surface area (Å²) in [5.74, 6) is -0.0546. The molecule has 3 amide bonds. The van der Waals surface area contributed by atoms with Gasteiger partial charge >= 0.3 is 0 Å². The molecule has 10 nitrogen and oxygen atoms in total. The number of nitrogens with zero attached hydrogens (tertiary/aromatic N) is 2. The first-order valence-corrected chi connectivity index (χ1v) is 13.5. The van der Waals surface area contributed by atoms with E-state index in [1.807, 2.05) is 18.3 Å². The molecule has 3 fully saturated rings. The van der Waals surface area contributed by atoms with Crippen LogP contribution in [0.4, 0.5) is 0 Å². The predicted molar refractivity (Wildman–Crippen MR) is 139 cm³/mol. The highest BCUT2D eigenvalue weighted by Gasteiger charge is 2.47. The van der Waals surface area contributed by atoms with Gasteiger partial charge in [0.25, 0.3) is 5.91 Å². The summed E-state index contributed by atoms with van der Waals surface area (Å²) in [7, 11) is 0. The summed E-state index contributed by atoms with van der Waals surface area (Å²) in [6.07, 6.45) is 5.87. The number of ether oxygens (including phenoxy) is 2. The molecule has 1 unspecified atom stereocenters. The van der Waals surface area contributed by atoms with E-state index in [1.54, 1.807) is 4.90 Å². The van der Waals surface area contributed by atoms with Crippen molar-refractivity contribution < 1.29 is 23.9 Å². The molecule has 0 radical (unpaired) electrons. The van der Waals surface area contributed by atoms with Crippen molar-refractivity contribution in [2.24, 2.45) is 5.41 Å². The van der Waals surface area contributed by atoms with Crippen LogP contribution in [0.25, 0.3) is 0 Å². The van der Waals surface area contributed by atoms with E-state index in [2.05, 4.69) is 22.5 Å². The van der Waals surface area contributed by atoms with Crippen molar-refractivity contribution in [1.29, 1.82) is 5.41 Å². The van der Waals surface area contributed by atoms with Crippen molar-refractivity contribution in [3.05, 3.63) is 40.6 Å². The normalized spacial score (nSPS) is 25.9. The van der Waals surface area contributed by atoms with Gasteiger partial charge in [-0.3, -0.25) is 24.6 Å². The van der Waals surface area contributed by atoms with E-state index in [1.165, 1.54) is 6.21 Å². The Balaban J connectivity index is 1.11. The van der Waals surface area contributed by atoms with E-state index in [0.29, 0.717) is 25.1 Å². The number of imide groups is 1. The van der Waals surface area contributed by atoms with Crippen LogP contribution in [-0.2, 0) is 26.3 Å². The molecular weight excluding hydrogens is 486 g/mol. The maximum atomic E-state index is 13.2. The standard InChI is InChI=1S/C28H35N5O5/c1-27(15-37-16-27)14-30-11-18(10-29)12-32-8-6-28(7-9-32)17-38-24-20-13-33(22-4-5-23(34)31-25(22)35)26(36)19(20)2-3-21(24)28/h2-3,10-11,22,29-30H,4-9,12-17H2,1H3,(H,31,34,35)/b18-11+,29-10?. The lowest BCUT2D eigenvalue weighted by Crippen LogP contribution is -2.52. The zero-order valence-electron chi connectivity index (χ0n) is 21.8. The molecule has 5 aliphatic rings. The topological polar surface area (TPSA) is 124 Å². The Bertz CT molecular complexity index is 1210. The Morgan fingerprint density at radius 1 is 1.21 bits per heavy atom. The molecule has 5 heterocycles. The fourth-order valence-electron chi connectivity index (χ4n) is 6.41. The number of hydrogen-bond acceptors (Lipinski definition) is 8. The summed E-state index contributed by atoms with van der Waals surface area (Å²) >= 11 is 0. The van der Waals surface area contributed by atoms with Crippen molar-refractivity contribution in [1.82, 2.24) is 20.4 Å². The minimum Gasteiger partial charge on any atom is -0.492 e. The number of carbonyl (C=O) groups excluding carboxylic acids is 3. The highest BCUT2D eigenvalue weighted by molar-refractivity contribution is 6.05. The van der Waals surface area contributed by atoms with E-state index in [0.717, 1.165) is 74.7 Å². The monoisotopic (exact) mass is 521 g/mol. The number of rotatable bonds is 7. The molecule has 3 saturated heterocycles. The number of likely N-dealkylation sites (tertiary alicyclic amines) is 1. The smallest absolute Gasteiger partial charge is 0.255 e. The third kappa shape index (κ3) is 4.29. The van der Waals surface area contributed by atoms with E-state index in [-0.39, 0.29) is 29.1 Å². The van der Waals surface area contributed by atoms with Crippen LogP contribution in [0.2, 0.25) is 0 Å². The summed E-state index contributed by atoms with van der Waals surface area (Å²) in [6, 6.07) is 3.30. The van der Waals surface area contributed by atoms with Crippen LogP contribution in [0.3, 0.4) is 0 Å². The summed E-state index contributed by atoms with van der Waals surface area (Å²) in [5.41, 5.74) is 3.67. The zero-order chi connectivity index (χ0) is 26.5. The number of fused-ring (bicyclic) bond motifs is 4. The fraction of sp³-hybridized carbons (Fsp3) is 0.571. The van der Waals surface area contributed by atoms with Gasteiger partial charge in [0.15, 0.2) is 0 Å². The maximum absolute atomic E-state index is 13.2. The zero-order valence-corrected chi connectivity index (χ0v) is 21.8. The minimum atomic E-state index is -0.627. The number of benzene rings is 1. The van der Waals surface area contributed by atoms with E-state index in [4.69, 9.17) is 14.9 Å². The van der Waals surface area contributed by atoms with Gasteiger partial charge in [0.1, 0.15) is 11.8 Å². The number of amides is 3. The second kappa shape index (κ2) is 9.50. The minimum absolute atomic E-state index is 0.0857. The molecule has 38 heavy (non-hydrogen) atoms. The number of hydrogen-bond donors (Lipinski definition) is 3. The van der Waals surface area contributed by atoms with Crippen molar-refractivity contribution in [3.8, 4) is 5.75 Å². The van der Waals surface area contributed by atoms with Gasteiger partial charge in [0.2, 0.25) is 11.8 Å². The third-order valence-electron chi connectivity index (χ3n) is 8.85. The van der Waals surface area contributed by atoms with Gasteiger partial charge in [-0.2, -0.15) is 0 Å². The molecule has 5 aliphatic heterocycles. The average Bonchev–Trinajstić information content (AvgIpc) is 3.41. The molecule has 1 spiro atoms. The largest absolute Gasteiger partial charge is 0.492 e. The molecule has 0 saturated carbocycles. The summed E-state index contributed by atoms with van der Waals surface area (Å²) in [4.78, 5) is 41.1. The molecule has 6 rings (SSSR count). The predicted octanol–water partition coefficient (Wildman–Crippen LogP) is 1.33. The Morgan fingerprint density at radius 3 is 2.68 bits per heavy atom. The number of piperidine rings is 2. The Hall–Kier alpha value is -3.24. The second-order valence-corrected chi connectivity index (χ2v) is 11.8. The van der Waals surface area contributed by atoms with Crippen LogP contribution >= 0.6 is 0 Å². The Kier molecular flexibility index (Phi) is 6.26. The Morgan fingerprint density at radius 2 is 2.00 bits per heavy atom. The number of nitrogens with one attached hydrogen (secondary N) is 3. The van der Waals surface area contributed by atoms with Crippen LogP contribution in [0, 0.1) is 10.8 Å². The molecule has 1 aromatic rings. The maximum Gasteiger partial charge on any atom is 0.255 e. The lowest BCUT2D eigenvalue weighted by molar-refractivity contribution is -0.136. The van der Waals surface area contributed by atoms with Crippen LogP contribution in [0.5, 0.6) is 5.75 Å². The van der Waals surface area contributed by atoms with E-state index >= 15 is 0 Å². The van der Waals surface area contributed by atoms with Crippen LogP contribution in [0.15, 0.2) is 23.9 Å². The van der Waals surface area contributed by atoms with Crippen molar-refractivity contribution in [3.63, 3.8) is 0 Å². The van der Waals surface area contributed by atoms with Gasteiger partial charge in [-0.05, 0) is 44.0 Å². The highest BCUT2D eigenvalue weighted by atomic mass is 16.5. The van der Waals surface area contributed by atoms with Crippen LogP contribution < -0.4 is 15.4 Å². The van der Waals surface area contributed by atoms with Crippen molar-refractivity contribution in [2.45, 2.75) is 50.6 Å². The molecule has 0 aliphatic carbocycles. The van der Waals surface area contributed by atoms with Crippen molar-refractivity contribution >= 4 is 23.9 Å². The molecule has 1 aromatic carbocycles. The first-order chi connectivity index (χ1) is 18.3. The second-order valence-electron chi connectivity index (χ2n) is 11.8. The summed E-state index contributed by atoms with van der Waals surface area (Å²) < 4.78 is 11.6. The first-order valence-electron chi connectivity index (χ1n) is 13.5. The molecule has 10 heteroatoms. The molecule has 202 valence electrons. The summed E-state index contributed by atoms with van der Waals surface area (Å²) in [5, 5.41) is 13.6. The fourth-order valence-corrected chi connectivity index (χ4v) is 6.41. The molecule has 3 N–H and O–H groups in total.